The zero-order valence-corrected chi connectivity index (χ0v) is 15.7. The molecule has 0 bridgehead atoms. The van der Waals surface area contributed by atoms with Crippen molar-refractivity contribution < 1.29 is 13.6 Å². The summed E-state index contributed by atoms with van der Waals surface area (Å²) in [4.78, 5) is 26.5. The Bertz CT molecular complexity index is 942. The molecule has 1 amide bonds. The Morgan fingerprint density at radius 2 is 1.93 bits per heavy atom. The number of benzene rings is 1. The predicted octanol–water partition coefficient (Wildman–Crippen LogP) is 2.01. The number of rotatable bonds is 5. The van der Waals surface area contributed by atoms with E-state index in [1.54, 1.807) is 7.05 Å². The highest BCUT2D eigenvalue weighted by Gasteiger charge is 2.33. The molecule has 1 aliphatic heterocycles. The quantitative estimate of drug-likeness (QED) is 0.847. The van der Waals surface area contributed by atoms with E-state index in [0.29, 0.717) is 13.1 Å². The lowest BCUT2D eigenvalue weighted by Gasteiger charge is -2.31. The SMILES string of the molecule is Cn1nc(C2CCN(CC(=O)Nc3cc(F)ccc3F)CC2)n(C2CC2)c1=O. The highest BCUT2D eigenvalue weighted by atomic mass is 19.1. The van der Waals surface area contributed by atoms with E-state index in [9.17, 15) is 18.4 Å². The van der Waals surface area contributed by atoms with E-state index in [4.69, 9.17) is 0 Å². The van der Waals surface area contributed by atoms with Crippen molar-refractivity contribution in [3.63, 3.8) is 0 Å². The first kappa shape index (κ1) is 18.8. The Morgan fingerprint density at radius 1 is 1.21 bits per heavy atom. The fourth-order valence-corrected chi connectivity index (χ4v) is 3.79. The molecule has 2 aliphatic rings. The van der Waals surface area contributed by atoms with Crippen LogP contribution in [-0.2, 0) is 11.8 Å². The number of likely N-dealkylation sites (tertiary alicyclic amines) is 1. The van der Waals surface area contributed by atoms with Gasteiger partial charge < -0.3 is 5.32 Å². The van der Waals surface area contributed by atoms with Crippen molar-refractivity contribution in [3.8, 4) is 0 Å². The maximum Gasteiger partial charge on any atom is 0.345 e. The van der Waals surface area contributed by atoms with Crippen molar-refractivity contribution >= 4 is 11.6 Å². The van der Waals surface area contributed by atoms with Crippen LogP contribution >= 0.6 is 0 Å². The molecule has 2 fully saturated rings. The Hall–Kier alpha value is -2.55. The number of hydrogen-bond donors (Lipinski definition) is 1. The average molecular weight is 391 g/mol. The lowest BCUT2D eigenvalue weighted by molar-refractivity contribution is -0.117. The molecular weight excluding hydrogens is 368 g/mol. The van der Waals surface area contributed by atoms with Crippen LogP contribution in [0.15, 0.2) is 23.0 Å². The number of piperidine rings is 1. The van der Waals surface area contributed by atoms with E-state index >= 15 is 0 Å². The smallest absolute Gasteiger partial charge is 0.322 e. The molecule has 9 heteroatoms. The van der Waals surface area contributed by atoms with Gasteiger partial charge in [-0.05, 0) is 50.9 Å². The molecule has 0 atom stereocenters. The van der Waals surface area contributed by atoms with E-state index < -0.39 is 11.6 Å². The fraction of sp³-hybridized carbons (Fsp3) is 0.526. The Labute approximate surface area is 160 Å². The zero-order chi connectivity index (χ0) is 19.8. The molecule has 0 unspecified atom stereocenters. The first-order valence-electron chi connectivity index (χ1n) is 9.55. The van der Waals surface area contributed by atoms with Crippen LogP contribution in [0.5, 0.6) is 0 Å². The van der Waals surface area contributed by atoms with Crippen LogP contribution < -0.4 is 11.0 Å². The van der Waals surface area contributed by atoms with Gasteiger partial charge in [0.15, 0.2) is 0 Å². The fourth-order valence-electron chi connectivity index (χ4n) is 3.79. The molecule has 0 spiro atoms. The van der Waals surface area contributed by atoms with Crippen LogP contribution in [0.3, 0.4) is 0 Å². The van der Waals surface area contributed by atoms with Crippen molar-refractivity contribution in [1.29, 1.82) is 0 Å². The third-order valence-electron chi connectivity index (χ3n) is 5.42. The number of anilines is 1. The van der Waals surface area contributed by atoms with Gasteiger partial charge in [-0.3, -0.25) is 14.3 Å². The molecule has 2 heterocycles. The number of nitrogens with zero attached hydrogens (tertiary/aromatic N) is 4. The summed E-state index contributed by atoms with van der Waals surface area (Å²) in [5, 5.41) is 6.87. The molecule has 1 aromatic heterocycles. The zero-order valence-electron chi connectivity index (χ0n) is 15.7. The molecule has 150 valence electrons. The lowest BCUT2D eigenvalue weighted by Crippen LogP contribution is -2.39. The van der Waals surface area contributed by atoms with Crippen LogP contribution in [0.2, 0.25) is 0 Å². The van der Waals surface area contributed by atoms with Gasteiger partial charge in [0, 0.05) is 25.1 Å². The third kappa shape index (κ3) is 3.84. The minimum absolute atomic E-state index is 0.0589. The second kappa shape index (κ2) is 7.46. The van der Waals surface area contributed by atoms with E-state index in [-0.39, 0.29) is 35.8 Å². The summed E-state index contributed by atoms with van der Waals surface area (Å²) in [5.41, 5.74) is -0.210. The Kier molecular flexibility index (Phi) is 5.01. The summed E-state index contributed by atoms with van der Waals surface area (Å²) in [6.07, 6.45) is 3.64. The average Bonchev–Trinajstić information content (AvgIpc) is 3.45. The number of nitrogens with one attached hydrogen (secondary N) is 1. The van der Waals surface area contributed by atoms with Gasteiger partial charge in [-0.25, -0.2) is 18.3 Å². The molecule has 2 aromatic rings. The monoisotopic (exact) mass is 391 g/mol. The Balaban J connectivity index is 1.35. The summed E-state index contributed by atoms with van der Waals surface area (Å²) in [6.45, 7) is 1.47. The number of amides is 1. The second-order valence-electron chi connectivity index (χ2n) is 7.59. The highest BCUT2D eigenvalue weighted by molar-refractivity contribution is 5.92. The van der Waals surface area contributed by atoms with Gasteiger partial charge in [0.25, 0.3) is 0 Å². The molecule has 0 radical (unpaired) electrons. The molecule has 1 aliphatic carbocycles. The van der Waals surface area contributed by atoms with Gasteiger partial charge in [-0.15, -0.1) is 0 Å². The van der Waals surface area contributed by atoms with E-state index in [1.165, 1.54) is 4.68 Å². The van der Waals surface area contributed by atoms with Crippen molar-refractivity contribution in [2.24, 2.45) is 7.05 Å². The van der Waals surface area contributed by atoms with E-state index in [0.717, 1.165) is 49.7 Å². The molecule has 1 saturated carbocycles. The summed E-state index contributed by atoms with van der Waals surface area (Å²) in [6, 6.07) is 3.25. The summed E-state index contributed by atoms with van der Waals surface area (Å²) in [5.74, 6) is -0.609. The molecular formula is C19H23F2N5O2. The number of carbonyl (C=O) groups is 1. The number of hydrogen-bond acceptors (Lipinski definition) is 4. The summed E-state index contributed by atoms with van der Waals surface area (Å²) in [7, 11) is 1.68. The Morgan fingerprint density at radius 3 is 2.61 bits per heavy atom. The van der Waals surface area contributed by atoms with Crippen LogP contribution in [0, 0.1) is 11.6 Å². The molecule has 1 saturated heterocycles. The molecule has 28 heavy (non-hydrogen) atoms. The largest absolute Gasteiger partial charge is 0.345 e. The first-order chi connectivity index (χ1) is 13.4. The van der Waals surface area contributed by atoms with Crippen LogP contribution in [0.25, 0.3) is 0 Å². The van der Waals surface area contributed by atoms with Gasteiger partial charge in [-0.1, -0.05) is 0 Å². The molecule has 1 N–H and O–H groups in total. The first-order valence-corrected chi connectivity index (χ1v) is 9.55. The molecule has 1 aromatic carbocycles. The summed E-state index contributed by atoms with van der Waals surface area (Å²) < 4.78 is 30.1. The predicted molar refractivity (Wildman–Crippen MR) is 99.1 cm³/mol. The lowest BCUT2D eigenvalue weighted by atomic mass is 9.96. The van der Waals surface area contributed by atoms with Crippen LogP contribution in [-0.4, -0.2) is 44.8 Å². The van der Waals surface area contributed by atoms with Gasteiger partial charge in [0.05, 0.1) is 12.2 Å². The molecule has 4 rings (SSSR count). The maximum absolute atomic E-state index is 13.7. The van der Waals surface area contributed by atoms with Gasteiger partial charge in [0.1, 0.15) is 17.5 Å². The maximum atomic E-state index is 13.7. The summed E-state index contributed by atoms with van der Waals surface area (Å²) >= 11 is 0. The molecule has 7 nitrogen and oxygen atoms in total. The third-order valence-corrected chi connectivity index (χ3v) is 5.42. The van der Waals surface area contributed by atoms with Gasteiger partial charge >= 0.3 is 5.69 Å². The topological polar surface area (TPSA) is 72.2 Å². The van der Waals surface area contributed by atoms with Gasteiger partial charge in [0.2, 0.25) is 5.91 Å². The number of halogens is 2. The number of aromatic nitrogens is 3. The highest BCUT2D eigenvalue weighted by Crippen LogP contribution is 2.37. The number of aryl methyl sites for hydroxylation is 1. The standard InChI is InChI=1S/C19H23F2N5O2/c1-24-19(28)26(14-3-4-14)18(23-24)12-6-8-25(9-7-12)11-17(27)22-16-10-13(20)2-5-15(16)21/h2,5,10,12,14H,3-4,6-9,11H2,1H3,(H,22,27). The van der Waals surface area contributed by atoms with Crippen molar-refractivity contribution in [1.82, 2.24) is 19.2 Å². The minimum atomic E-state index is -0.665. The van der Waals surface area contributed by atoms with Crippen molar-refractivity contribution in [2.45, 2.75) is 37.6 Å². The van der Waals surface area contributed by atoms with Crippen molar-refractivity contribution in [3.05, 3.63) is 46.1 Å². The van der Waals surface area contributed by atoms with Crippen molar-refractivity contribution in [2.75, 3.05) is 25.0 Å². The minimum Gasteiger partial charge on any atom is -0.322 e. The normalized spacial score (nSPS) is 18.4. The number of carbonyl (C=O) groups excluding carboxylic acids is 1. The van der Waals surface area contributed by atoms with E-state index in [2.05, 4.69) is 10.4 Å². The second-order valence-corrected chi connectivity index (χ2v) is 7.59. The van der Waals surface area contributed by atoms with Crippen LogP contribution in [0.1, 0.15) is 43.5 Å². The van der Waals surface area contributed by atoms with E-state index in [1.807, 2.05) is 9.47 Å². The van der Waals surface area contributed by atoms with Gasteiger partial charge in [-0.2, -0.15) is 5.10 Å². The van der Waals surface area contributed by atoms with Crippen LogP contribution in [0.4, 0.5) is 14.5 Å².